The van der Waals surface area contributed by atoms with Crippen molar-refractivity contribution in [2.45, 2.75) is 38.6 Å². The number of likely N-dealkylation sites (tertiary alicyclic amines) is 1. The molecule has 1 aliphatic heterocycles. The van der Waals surface area contributed by atoms with E-state index in [0.29, 0.717) is 5.41 Å². The number of hydrogen-bond acceptors (Lipinski definition) is 2. The number of hydrogen-bond donors (Lipinski definition) is 0. The van der Waals surface area contributed by atoms with Gasteiger partial charge in [-0.25, -0.2) is 0 Å². The number of aryl methyl sites for hydroxylation is 1. The minimum absolute atomic E-state index is 0.214. The van der Waals surface area contributed by atoms with Crippen molar-refractivity contribution in [1.29, 1.82) is 0 Å². The normalized spacial score (nSPS) is 21.6. The summed E-state index contributed by atoms with van der Waals surface area (Å²) in [5.74, 6) is 0.214. The van der Waals surface area contributed by atoms with Gasteiger partial charge in [-0.1, -0.05) is 18.2 Å². The molecule has 21 heavy (non-hydrogen) atoms. The van der Waals surface area contributed by atoms with E-state index >= 15 is 0 Å². The highest BCUT2D eigenvalue weighted by atomic mass is 16.2. The van der Waals surface area contributed by atoms with Gasteiger partial charge in [0.05, 0.1) is 0 Å². The Morgan fingerprint density at radius 3 is 2.38 bits per heavy atom. The standard InChI is InChI=1S/C18H26N2O/c1-14-6-4-5-7-16(14)17(21)20-10-8-18(9-11-20)12-15(13-18)19(2)3/h4-7,15H,8-13H2,1-3H3. The third-order valence-corrected chi connectivity index (χ3v) is 5.55. The summed E-state index contributed by atoms with van der Waals surface area (Å²) in [5, 5.41) is 0. The van der Waals surface area contributed by atoms with E-state index in [2.05, 4.69) is 23.9 Å². The fraction of sp³-hybridized carbons (Fsp3) is 0.611. The van der Waals surface area contributed by atoms with Crippen LogP contribution < -0.4 is 0 Å². The third kappa shape index (κ3) is 2.71. The largest absolute Gasteiger partial charge is 0.339 e. The van der Waals surface area contributed by atoms with Crippen LogP contribution in [0.3, 0.4) is 0 Å². The van der Waals surface area contributed by atoms with Crippen LogP contribution in [0.25, 0.3) is 0 Å². The van der Waals surface area contributed by atoms with Gasteiger partial charge in [0.15, 0.2) is 0 Å². The van der Waals surface area contributed by atoms with Crippen LogP contribution in [0.5, 0.6) is 0 Å². The Bertz CT molecular complexity index is 522. The maximum Gasteiger partial charge on any atom is 0.254 e. The quantitative estimate of drug-likeness (QED) is 0.834. The Labute approximate surface area is 127 Å². The van der Waals surface area contributed by atoms with Gasteiger partial charge in [0.2, 0.25) is 0 Å². The van der Waals surface area contributed by atoms with E-state index in [1.54, 1.807) is 0 Å². The van der Waals surface area contributed by atoms with Crippen molar-refractivity contribution in [3.63, 3.8) is 0 Å². The molecule has 0 atom stereocenters. The molecule has 1 aromatic carbocycles. The highest BCUT2D eigenvalue weighted by Gasteiger charge is 2.46. The lowest BCUT2D eigenvalue weighted by Crippen LogP contribution is -2.54. The van der Waals surface area contributed by atoms with Crippen molar-refractivity contribution < 1.29 is 4.79 Å². The number of carbonyl (C=O) groups excluding carboxylic acids is 1. The first-order valence-electron chi connectivity index (χ1n) is 8.02. The Kier molecular flexibility index (Phi) is 3.78. The Morgan fingerprint density at radius 1 is 1.19 bits per heavy atom. The van der Waals surface area contributed by atoms with E-state index < -0.39 is 0 Å². The molecule has 1 saturated carbocycles. The zero-order valence-corrected chi connectivity index (χ0v) is 13.4. The first-order chi connectivity index (χ1) is 10.0. The summed E-state index contributed by atoms with van der Waals surface area (Å²) >= 11 is 0. The van der Waals surface area contributed by atoms with E-state index in [1.807, 2.05) is 31.2 Å². The van der Waals surface area contributed by atoms with E-state index in [4.69, 9.17) is 0 Å². The number of benzene rings is 1. The van der Waals surface area contributed by atoms with Crippen molar-refractivity contribution in [3.8, 4) is 0 Å². The smallest absolute Gasteiger partial charge is 0.254 e. The molecule has 1 amide bonds. The molecule has 1 aromatic rings. The van der Waals surface area contributed by atoms with Gasteiger partial charge < -0.3 is 9.80 Å². The highest BCUT2D eigenvalue weighted by Crippen LogP contribution is 2.50. The van der Waals surface area contributed by atoms with Crippen molar-refractivity contribution in [2.24, 2.45) is 5.41 Å². The Morgan fingerprint density at radius 2 is 1.81 bits per heavy atom. The molecule has 1 spiro atoms. The zero-order chi connectivity index (χ0) is 15.0. The summed E-state index contributed by atoms with van der Waals surface area (Å²) in [7, 11) is 4.35. The number of carbonyl (C=O) groups is 1. The van der Waals surface area contributed by atoms with Crippen LogP contribution in [-0.4, -0.2) is 48.9 Å². The monoisotopic (exact) mass is 286 g/mol. The predicted octanol–water partition coefficient (Wildman–Crippen LogP) is 2.94. The third-order valence-electron chi connectivity index (χ3n) is 5.55. The molecule has 1 saturated heterocycles. The fourth-order valence-corrected chi connectivity index (χ4v) is 3.88. The van der Waals surface area contributed by atoms with E-state index in [9.17, 15) is 4.79 Å². The number of nitrogens with zero attached hydrogens (tertiary/aromatic N) is 2. The van der Waals surface area contributed by atoms with E-state index in [1.165, 1.54) is 25.7 Å². The summed E-state index contributed by atoms with van der Waals surface area (Å²) in [5.41, 5.74) is 2.48. The van der Waals surface area contributed by atoms with Gasteiger partial charge >= 0.3 is 0 Å². The summed E-state index contributed by atoms with van der Waals surface area (Å²) in [6.45, 7) is 3.87. The lowest BCUT2D eigenvalue weighted by atomic mass is 9.60. The van der Waals surface area contributed by atoms with Crippen LogP contribution in [-0.2, 0) is 0 Å². The van der Waals surface area contributed by atoms with Crippen molar-refractivity contribution >= 4 is 5.91 Å². The average Bonchev–Trinajstić information content (AvgIpc) is 2.44. The summed E-state index contributed by atoms with van der Waals surface area (Å²) in [6.07, 6.45) is 4.97. The molecule has 1 aliphatic carbocycles. The van der Waals surface area contributed by atoms with Gasteiger partial charge in [-0.3, -0.25) is 4.79 Å². The number of rotatable bonds is 2. The molecule has 2 aliphatic rings. The molecular formula is C18H26N2O. The first-order valence-corrected chi connectivity index (χ1v) is 8.02. The van der Waals surface area contributed by atoms with Gasteiger partial charge in [-0.15, -0.1) is 0 Å². The van der Waals surface area contributed by atoms with Gasteiger partial charge in [-0.2, -0.15) is 0 Å². The van der Waals surface area contributed by atoms with Gasteiger partial charge in [0, 0.05) is 24.7 Å². The molecule has 2 fully saturated rings. The highest BCUT2D eigenvalue weighted by molar-refractivity contribution is 5.95. The minimum atomic E-state index is 0.214. The Hall–Kier alpha value is -1.35. The summed E-state index contributed by atoms with van der Waals surface area (Å²) in [6, 6.07) is 8.68. The second-order valence-corrected chi connectivity index (χ2v) is 7.13. The lowest BCUT2D eigenvalue weighted by molar-refractivity contribution is -0.0231. The minimum Gasteiger partial charge on any atom is -0.339 e. The molecule has 1 heterocycles. The average molecular weight is 286 g/mol. The van der Waals surface area contributed by atoms with Crippen LogP contribution in [0.4, 0.5) is 0 Å². The first kappa shape index (κ1) is 14.6. The van der Waals surface area contributed by atoms with Crippen molar-refractivity contribution in [3.05, 3.63) is 35.4 Å². The molecular weight excluding hydrogens is 260 g/mol. The van der Waals surface area contributed by atoms with Crippen LogP contribution in [0, 0.1) is 12.3 Å². The van der Waals surface area contributed by atoms with Crippen LogP contribution in [0.15, 0.2) is 24.3 Å². The summed E-state index contributed by atoms with van der Waals surface area (Å²) in [4.78, 5) is 17.0. The molecule has 3 rings (SSSR count). The van der Waals surface area contributed by atoms with Crippen molar-refractivity contribution in [2.75, 3.05) is 27.2 Å². The maximum atomic E-state index is 12.6. The van der Waals surface area contributed by atoms with Gasteiger partial charge in [-0.05, 0) is 63.7 Å². The van der Waals surface area contributed by atoms with Gasteiger partial charge in [0.1, 0.15) is 0 Å². The lowest BCUT2D eigenvalue weighted by Gasteiger charge is -2.54. The topological polar surface area (TPSA) is 23.6 Å². The predicted molar refractivity (Wildman–Crippen MR) is 85.5 cm³/mol. The molecule has 0 bridgehead atoms. The van der Waals surface area contributed by atoms with E-state index in [-0.39, 0.29) is 5.91 Å². The number of amides is 1. The molecule has 114 valence electrons. The van der Waals surface area contributed by atoms with Gasteiger partial charge in [0.25, 0.3) is 5.91 Å². The summed E-state index contributed by atoms with van der Waals surface area (Å²) < 4.78 is 0. The molecule has 3 nitrogen and oxygen atoms in total. The van der Waals surface area contributed by atoms with Crippen LogP contribution in [0.2, 0.25) is 0 Å². The molecule has 0 N–H and O–H groups in total. The molecule has 0 aromatic heterocycles. The second kappa shape index (κ2) is 5.45. The maximum absolute atomic E-state index is 12.6. The fourth-order valence-electron chi connectivity index (χ4n) is 3.88. The van der Waals surface area contributed by atoms with Crippen molar-refractivity contribution in [1.82, 2.24) is 9.80 Å². The molecule has 0 radical (unpaired) electrons. The number of piperidine rings is 1. The second-order valence-electron chi connectivity index (χ2n) is 7.13. The van der Waals surface area contributed by atoms with E-state index in [0.717, 1.165) is 30.3 Å². The Balaban J connectivity index is 1.60. The SMILES string of the molecule is Cc1ccccc1C(=O)N1CCC2(CC1)CC(N(C)C)C2. The van der Waals surface area contributed by atoms with Crippen LogP contribution >= 0.6 is 0 Å². The molecule has 3 heteroatoms. The van der Waals surface area contributed by atoms with Crippen LogP contribution in [0.1, 0.15) is 41.6 Å². The molecule has 0 unspecified atom stereocenters. The zero-order valence-electron chi connectivity index (χ0n) is 13.4.